The molecule has 0 radical (unpaired) electrons. The molecule has 1 rings (SSSR count). The molecule has 0 fully saturated rings. The Morgan fingerprint density at radius 3 is 2.54 bits per heavy atom. The Labute approximate surface area is 149 Å². The number of nitrogens with zero attached hydrogens (tertiary/aromatic N) is 1. The zero-order valence-electron chi connectivity index (χ0n) is 15.2. The van der Waals surface area contributed by atoms with Gasteiger partial charge in [-0.05, 0) is 39.8 Å². The monoisotopic (exact) mass is 357 g/mol. The summed E-state index contributed by atoms with van der Waals surface area (Å²) < 4.78 is 17.0. The normalized spacial score (nSPS) is 12.9. The van der Waals surface area contributed by atoms with Gasteiger partial charge in [-0.25, -0.2) is 0 Å². The first-order chi connectivity index (χ1) is 11.3. The summed E-state index contributed by atoms with van der Waals surface area (Å²) >= 11 is 6.18. The van der Waals surface area contributed by atoms with E-state index in [0.717, 1.165) is 0 Å². The van der Waals surface area contributed by atoms with Crippen LogP contribution in [0.2, 0.25) is 5.02 Å². The first-order valence-electron chi connectivity index (χ1n) is 8.15. The zero-order chi connectivity index (χ0) is 18.2. The van der Waals surface area contributed by atoms with Gasteiger partial charge in [-0.2, -0.15) is 0 Å². The van der Waals surface area contributed by atoms with Gasteiger partial charge in [0.2, 0.25) is 5.91 Å². The molecule has 1 aromatic carbocycles. The standard InChI is InChI=1S/C18H28ClNO4/c1-6-22-11-12-24-18(4,5)14(2)23-13-20(15(3)21)17-10-8-7-9-16(17)19/h7-10,14H,6,11-13H2,1-5H3. The van der Waals surface area contributed by atoms with Crippen LogP contribution in [0.4, 0.5) is 5.69 Å². The quantitative estimate of drug-likeness (QED) is 0.471. The van der Waals surface area contributed by atoms with E-state index in [1.807, 2.05) is 39.8 Å². The Balaban J connectivity index is 2.63. The highest BCUT2D eigenvalue weighted by molar-refractivity contribution is 6.33. The van der Waals surface area contributed by atoms with Gasteiger partial charge in [0.25, 0.3) is 0 Å². The van der Waals surface area contributed by atoms with Gasteiger partial charge in [-0.1, -0.05) is 23.7 Å². The van der Waals surface area contributed by atoms with E-state index in [4.69, 9.17) is 25.8 Å². The number of halogens is 1. The Morgan fingerprint density at radius 1 is 1.29 bits per heavy atom. The predicted octanol–water partition coefficient (Wildman–Crippen LogP) is 3.89. The molecule has 0 aliphatic carbocycles. The average molecular weight is 358 g/mol. The molecular formula is C18H28ClNO4. The van der Waals surface area contributed by atoms with Gasteiger partial charge < -0.3 is 14.2 Å². The number of amides is 1. The highest BCUT2D eigenvalue weighted by Gasteiger charge is 2.28. The van der Waals surface area contributed by atoms with Crippen molar-refractivity contribution < 1.29 is 19.0 Å². The lowest BCUT2D eigenvalue weighted by atomic mass is 10.0. The summed E-state index contributed by atoms with van der Waals surface area (Å²) in [6.07, 6.45) is -0.219. The Kier molecular flexibility index (Phi) is 8.70. The van der Waals surface area contributed by atoms with Crippen molar-refractivity contribution >= 4 is 23.2 Å². The number of rotatable bonds is 10. The van der Waals surface area contributed by atoms with Crippen molar-refractivity contribution in [1.82, 2.24) is 0 Å². The molecule has 0 saturated carbocycles. The second-order valence-electron chi connectivity index (χ2n) is 5.99. The number of hydrogen-bond acceptors (Lipinski definition) is 4. The molecule has 0 spiro atoms. The number of benzene rings is 1. The zero-order valence-corrected chi connectivity index (χ0v) is 15.9. The second-order valence-corrected chi connectivity index (χ2v) is 6.39. The summed E-state index contributed by atoms with van der Waals surface area (Å²) in [4.78, 5) is 13.5. The van der Waals surface area contributed by atoms with Gasteiger partial charge in [-0.3, -0.25) is 9.69 Å². The highest BCUT2D eigenvalue weighted by Crippen LogP contribution is 2.26. The summed E-state index contributed by atoms with van der Waals surface area (Å²) in [6, 6.07) is 7.20. The second kappa shape index (κ2) is 9.99. The Hall–Kier alpha value is -1.14. The van der Waals surface area contributed by atoms with E-state index in [-0.39, 0.29) is 18.7 Å². The molecular weight excluding hydrogens is 330 g/mol. The number of para-hydroxylation sites is 1. The predicted molar refractivity (Wildman–Crippen MR) is 96.6 cm³/mol. The molecule has 5 nitrogen and oxygen atoms in total. The van der Waals surface area contributed by atoms with Crippen molar-refractivity contribution in [3.8, 4) is 0 Å². The summed E-state index contributed by atoms with van der Waals surface area (Å²) in [5.41, 5.74) is 0.133. The van der Waals surface area contributed by atoms with Gasteiger partial charge in [0.05, 0.1) is 35.6 Å². The van der Waals surface area contributed by atoms with Crippen molar-refractivity contribution in [2.75, 3.05) is 31.5 Å². The third-order valence-corrected chi connectivity index (χ3v) is 4.18. The molecule has 0 aliphatic rings. The maximum Gasteiger partial charge on any atom is 0.225 e. The van der Waals surface area contributed by atoms with Crippen LogP contribution in [0, 0.1) is 0 Å². The molecule has 0 heterocycles. The molecule has 24 heavy (non-hydrogen) atoms. The SMILES string of the molecule is CCOCCOC(C)(C)C(C)OCN(C(C)=O)c1ccccc1Cl. The van der Waals surface area contributed by atoms with Gasteiger partial charge in [0.15, 0.2) is 0 Å². The molecule has 0 aromatic heterocycles. The third kappa shape index (κ3) is 6.40. The smallest absolute Gasteiger partial charge is 0.225 e. The minimum absolute atomic E-state index is 0.110. The fourth-order valence-corrected chi connectivity index (χ4v) is 2.25. The van der Waals surface area contributed by atoms with Crippen LogP contribution in [-0.2, 0) is 19.0 Å². The van der Waals surface area contributed by atoms with Gasteiger partial charge in [0, 0.05) is 13.5 Å². The first-order valence-corrected chi connectivity index (χ1v) is 8.53. The largest absolute Gasteiger partial charge is 0.379 e. The van der Waals surface area contributed by atoms with E-state index in [1.165, 1.54) is 11.8 Å². The van der Waals surface area contributed by atoms with Crippen LogP contribution in [0.5, 0.6) is 0 Å². The van der Waals surface area contributed by atoms with Crippen molar-refractivity contribution in [2.24, 2.45) is 0 Å². The molecule has 0 bridgehead atoms. The van der Waals surface area contributed by atoms with Crippen LogP contribution in [0.3, 0.4) is 0 Å². The Bertz CT molecular complexity index is 521. The van der Waals surface area contributed by atoms with Crippen molar-refractivity contribution in [1.29, 1.82) is 0 Å². The van der Waals surface area contributed by atoms with Crippen molar-refractivity contribution in [3.63, 3.8) is 0 Å². The average Bonchev–Trinajstić information content (AvgIpc) is 2.53. The molecule has 1 aromatic rings. The number of ether oxygens (including phenoxy) is 3. The lowest BCUT2D eigenvalue weighted by Gasteiger charge is -2.33. The van der Waals surface area contributed by atoms with E-state index < -0.39 is 5.60 Å². The first kappa shape index (κ1) is 20.9. The summed E-state index contributed by atoms with van der Waals surface area (Å²) in [7, 11) is 0. The Morgan fingerprint density at radius 2 is 1.96 bits per heavy atom. The number of carbonyl (C=O) groups excluding carboxylic acids is 1. The third-order valence-electron chi connectivity index (χ3n) is 3.86. The summed E-state index contributed by atoms with van der Waals surface area (Å²) in [5.74, 6) is -0.134. The van der Waals surface area contributed by atoms with E-state index in [2.05, 4.69) is 0 Å². The lowest BCUT2D eigenvalue weighted by Crippen LogP contribution is -2.43. The van der Waals surface area contributed by atoms with Crippen LogP contribution in [-0.4, -0.2) is 44.2 Å². The topological polar surface area (TPSA) is 48.0 Å². The van der Waals surface area contributed by atoms with E-state index >= 15 is 0 Å². The molecule has 136 valence electrons. The molecule has 0 aliphatic heterocycles. The molecule has 1 amide bonds. The number of carbonyl (C=O) groups is 1. The van der Waals surface area contributed by atoms with Crippen LogP contribution < -0.4 is 4.90 Å². The van der Waals surface area contributed by atoms with Crippen molar-refractivity contribution in [2.45, 2.75) is 46.3 Å². The molecule has 0 N–H and O–H groups in total. The number of hydrogen-bond donors (Lipinski definition) is 0. The van der Waals surface area contributed by atoms with Crippen LogP contribution in [0.1, 0.15) is 34.6 Å². The molecule has 1 atom stereocenters. The van der Waals surface area contributed by atoms with Gasteiger partial charge in [-0.15, -0.1) is 0 Å². The summed E-state index contributed by atoms with van der Waals surface area (Å²) in [6.45, 7) is 11.1. The molecule has 1 unspecified atom stereocenters. The van der Waals surface area contributed by atoms with Crippen LogP contribution in [0.15, 0.2) is 24.3 Å². The van der Waals surface area contributed by atoms with Gasteiger partial charge >= 0.3 is 0 Å². The maximum atomic E-state index is 11.9. The van der Waals surface area contributed by atoms with Crippen LogP contribution in [0.25, 0.3) is 0 Å². The fourth-order valence-electron chi connectivity index (χ4n) is 2.01. The molecule has 6 heteroatoms. The minimum atomic E-state index is -0.500. The molecule has 0 saturated heterocycles. The van der Waals surface area contributed by atoms with E-state index in [0.29, 0.717) is 30.5 Å². The maximum absolute atomic E-state index is 11.9. The van der Waals surface area contributed by atoms with E-state index in [9.17, 15) is 4.79 Å². The minimum Gasteiger partial charge on any atom is -0.379 e. The van der Waals surface area contributed by atoms with Crippen molar-refractivity contribution in [3.05, 3.63) is 29.3 Å². The lowest BCUT2D eigenvalue weighted by molar-refractivity contribution is -0.133. The van der Waals surface area contributed by atoms with Gasteiger partial charge in [0.1, 0.15) is 6.73 Å². The summed E-state index contributed by atoms with van der Waals surface area (Å²) in [5, 5.41) is 0.510. The fraction of sp³-hybridized carbons (Fsp3) is 0.611. The van der Waals surface area contributed by atoms with E-state index in [1.54, 1.807) is 12.1 Å². The highest BCUT2D eigenvalue weighted by atomic mass is 35.5. The number of anilines is 1. The van der Waals surface area contributed by atoms with Crippen LogP contribution >= 0.6 is 11.6 Å².